The highest BCUT2D eigenvalue weighted by atomic mass is 16.5. The Hall–Kier alpha value is -1.16. The van der Waals surface area contributed by atoms with E-state index in [9.17, 15) is 4.79 Å². The molecule has 0 aromatic carbocycles. The minimum absolute atomic E-state index is 0.186. The summed E-state index contributed by atoms with van der Waals surface area (Å²) in [5.74, 6) is 0.886. The Morgan fingerprint density at radius 2 is 2.19 bits per heavy atom. The average Bonchev–Trinajstić information content (AvgIpc) is 2.96. The first kappa shape index (κ1) is 16.2. The van der Waals surface area contributed by atoms with E-state index in [4.69, 9.17) is 4.74 Å². The Morgan fingerprint density at radius 1 is 1.52 bits per heavy atom. The maximum absolute atomic E-state index is 12.7. The number of Topliss-reactive ketones (excluding diaryl/α,β-unsaturated/α-hetero) is 1. The first-order chi connectivity index (χ1) is 10.0. The summed E-state index contributed by atoms with van der Waals surface area (Å²) in [6.45, 7) is 6.52. The molecule has 2 rings (SSSR count). The third kappa shape index (κ3) is 3.54. The van der Waals surface area contributed by atoms with Gasteiger partial charge in [-0.25, -0.2) is 0 Å². The minimum atomic E-state index is -0.577. The van der Waals surface area contributed by atoms with Crippen LogP contribution in [0.15, 0.2) is 12.3 Å². The van der Waals surface area contributed by atoms with E-state index in [0.29, 0.717) is 18.4 Å². The van der Waals surface area contributed by atoms with Gasteiger partial charge in [0.1, 0.15) is 5.60 Å². The molecular weight excluding hydrogens is 264 g/mol. The molecule has 0 amide bonds. The van der Waals surface area contributed by atoms with Crippen LogP contribution in [-0.4, -0.2) is 28.3 Å². The summed E-state index contributed by atoms with van der Waals surface area (Å²) in [4.78, 5) is 12.7. The van der Waals surface area contributed by atoms with Crippen molar-refractivity contribution in [1.29, 1.82) is 0 Å². The Morgan fingerprint density at radius 3 is 2.76 bits per heavy atom. The highest BCUT2D eigenvalue weighted by Crippen LogP contribution is 2.35. The predicted molar refractivity (Wildman–Crippen MR) is 83.3 cm³/mol. The molecule has 1 aromatic heterocycles. The van der Waals surface area contributed by atoms with Gasteiger partial charge in [-0.2, -0.15) is 5.10 Å². The zero-order chi connectivity index (χ0) is 15.5. The minimum Gasteiger partial charge on any atom is -0.370 e. The Bertz CT molecular complexity index is 473. The van der Waals surface area contributed by atoms with Crippen molar-refractivity contribution in [2.75, 3.05) is 7.11 Å². The van der Waals surface area contributed by atoms with E-state index in [2.05, 4.69) is 25.9 Å². The lowest BCUT2D eigenvalue weighted by molar-refractivity contribution is -0.145. The van der Waals surface area contributed by atoms with E-state index in [0.717, 1.165) is 37.8 Å². The number of nitrogens with zero attached hydrogens (tertiary/aromatic N) is 2. The second-order valence-corrected chi connectivity index (χ2v) is 6.53. The van der Waals surface area contributed by atoms with Crippen LogP contribution in [0.25, 0.3) is 0 Å². The van der Waals surface area contributed by atoms with Crippen molar-refractivity contribution in [3.8, 4) is 0 Å². The molecule has 1 aliphatic rings. The number of carbonyl (C=O) groups excluding carboxylic acids is 1. The van der Waals surface area contributed by atoms with E-state index >= 15 is 0 Å². The maximum atomic E-state index is 12.7. The average molecular weight is 292 g/mol. The number of ether oxygens (including phenoxy) is 1. The van der Waals surface area contributed by atoms with Crippen LogP contribution in [0.1, 0.15) is 64.6 Å². The lowest BCUT2D eigenvalue weighted by Crippen LogP contribution is -2.44. The van der Waals surface area contributed by atoms with Crippen LogP contribution >= 0.6 is 0 Å². The second-order valence-electron chi connectivity index (χ2n) is 6.53. The molecule has 0 radical (unpaired) electrons. The van der Waals surface area contributed by atoms with Crippen molar-refractivity contribution in [2.45, 2.75) is 70.9 Å². The standard InChI is InChI=1S/C17H28N2O2/c1-5-14(3)19-11-8-15(18-19)12-16(20)17(21-4)9-6-13(2)7-10-17/h8,11,13-14H,5-7,9-10,12H2,1-4H3. The summed E-state index contributed by atoms with van der Waals surface area (Å²) in [7, 11) is 1.67. The predicted octanol–water partition coefficient (Wildman–Crippen LogP) is 3.56. The molecule has 0 N–H and O–H groups in total. The van der Waals surface area contributed by atoms with Gasteiger partial charge < -0.3 is 4.74 Å². The van der Waals surface area contributed by atoms with Crippen molar-refractivity contribution in [3.05, 3.63) is 18.0 Å². The highest BCUT2D eigenvalue weighted by Gasteiger charge is 2.40. The fraction of sp³-hybridized carbons (Fsp3) is 0.765. The number of rotatable bonds is 6. The molecule has 1 saturated carbocycles. The molecule has 118 valence electrons. The van der Waals surface area contributed by atoms with Crippen molar-refractivity contribution in [3.63, 3.8) is 0 Å². The molecule has 0 bridgehead atoms. The zero-order valence-electron chi connectivity index (χ0n) is 13.8. The van der Waals surface area contributed by atoms with Gasteiger partial charge >= 0.3 is 0 Å². The van der Waals surface area contributed by atoms with Crippen LogP contribution in [0.4, 0.5) is 0 Å². The van der Waals surface area contributed by atoms with Crippen molar-refractivity contribution in [2.24, 2.45) is 5.92 Å². The van der Waals surface area contributed by atoms with Gasteiger partial charge in [0.2, 0.25) is 0 Å². The number of aromatic nitrogens is 2. The lowest BCUT2D eigenvalue weighted by atomic mass is 9.76. The van der Waals surface area contributed by atoms with Crippen LogP contribution in [0.2, 0.25) is 0 Å². The van der Waals surface area contributed by atoms with Gasteiger partial charge in [-0.3, -0.25) is 9.48 Å². The first-order valence-corrected chi connectivity index (χ1v) is 8.13. The molecular formula is C17H28N2O2. The Labute approximate surface area is 127 Å². The summed E-state index contributed by atoms with van der Waals surface area (Å²) >= 11 is 0. The van der Waals surface area contributed by atoms with Gasteiger partial charge in [-0.15, -0.1) is 0 Å². The molecule has 4 heteroatoms. The highest BCUT2D eigenvalue weighted by molar-refractivity contribution is 5.89. The molecule has 1 atom stereocenters. The molecule has 0 saturated heterocycles. The van der Waals surface area contributed by atoms with Gasteiger partial charge in [0.25, 0.3) is 0 Å². The molecule has 0 spiro atoms. The number of hydrogen-bond acceptors (Lipinski definition) is 3. The second kappa shape index (κ2) is 6.73. The molecule has 1 fully saturated rings. The first-order valence-electron chi connectivity index (χ1n) is 8.13. The monoisotopic (exact) mass is 292 g/mol. The van der Waals surface area contributed by atoms with Gasteiger partial charge in [-0.1, -0.05) is 13.8 Å². The normalized spacial score (nSPS) is 27.5. The summed E-state index contributed by atoms with van der Waals surface area (Å²) in [5, 5.41) is 4.54. The van der Waals surface area contributed by atoms with Crippen LogP contribution in [0.5, 0.6) is 0 Å². The lowest BCUT2D eigenvalue weighted by Gasteiger charge is -2.36. The van der Waals surface area contributed by atoms with Crippen LogP contribution in [-0.2, 0) is 16.0 Å². The van der Waals surface area contributed by atoms with Crippen molar-refractivity contribution >= 4 is 5.78 Å². The van der Waals surface area contributed by atoms with E-state index in [1.54, 1.807) is 7.11 Å². The number of hydrogen-bond donors (Lipinski definition) is 0. The van der Waals surface area contributed by atoms with Crippen LogP contribution in [0, 0.1) is 5.92 Å². The molecule has 21 heavy (non-hydrogen) atoms. The summed E-state index contributed by atoms with van der Waals surface area (Å²) in [6, 6.07) is 2.33. The topological polar surface area (TPSA) is 44.1 Å². The van der Waals surface area contributed by atoms with E-state index in [-0.39, 0.29) is 5.78 Å². The number of ketones is 1. The Kier molecular flexibility index (Phi) is 5.20. The quantitative estimate of drug-likeness (QED) is 0.805. The maximum Gasteiger partial charge on any atom is 0.170 e. The molecule has 0 aliphatic heterocycles. The van der Waals surface area contributed by atoms with Crippen molar-refractivity contribution < 1.29 is 9.53 Å². The molecule has 1 aromatic rings. The van der Waals surface area contributed by atoms with Gasteiger partial charge in [0.15, 0.2) is 5.78 Å². The Balaban J connectivity index is 2.04. The van der Waals surface area contributed by atoms with Gasteiger partial charge in [0.05, 0.1) is 12.1 Å². The summed E-state index contributed by atoms with van der Waals surface area (Å²) in [5.41, 5.74) is 0.280. The van der Waals surface area contributed by atoms with E-state index in [1.165, 1.54) is 0 Å². The zero-order valence-corrected chi connectivity index (χ0v) is 13.8. The largest absolute Gasteiger partial charge is 0.370 e. The van der Waals surface area contributed by atoms with Crippen LogP contribution < -0.4 is 0 Å². The van der Waals surface area contributed by atoms with E-state index < -0.39 is 5.60 Å². The number of methoxy groups -OCH3 is 1. The van der Waals surface area contributed by atoms with Crippen LogP contribution in [0.3, 0.4) is 0 Å². The SMILES string of the molecule is CCC(C)n1ccc(CC(=O)C2(OC)CCC(C)CC2)n1. The third-order valence-corrected chi connectivity index (χ3v) is 5.03. The summed E-state index contributed by atoms with van der Waals surface area (Å²) < 4.78 is 7.60. The summed E-state index contributed by atoms with van der Waals surface area (Å²) in [6.07, 6.45) is 7.22. The van der Waals surface area contributed by atoms with Crippen molar-refractivity contribution in [1.82, 2.24) is 9.78 Å². The third-order valence-electron chi connectivity index (χ3n) is 5.03. The van der Waals surface area contributed by atoms with Gasteiger partial charge in [0, 0.05) is 19.3 Å². The smallest absolute Gasteiger partial charge is 0.170 e. The fourth-order valence-corrected chi connectivity index (χ4v) is 3.06. The fourth-order valence-electron chi connectivity index (χ4n) is 3.06. The van der Waals surface area contributed by atoms with E-state index in [1.807, 2.05) is 16.9 Å². The molecule has 4 nitrogen and oxygen atoms in total. The molecule has 1 heterocycles. The number of carbonyl (C=O) groups is 1. The van der Waals surface area contributed by atoms with Gasteiger partial charge in [-0.05, 0) is 51.0 Å². The molecule has 1 unspecified atom stereocenters. The molecule has 1 aliphatic carbocycles.